The molecule has 1 aliphatic rings. The highest BCUT2D eigenvalue weighted by atomic mass is 79.9. The summed E-state index contributed by atoms with van der Waals surface area (Å²) in [6.07, 6.45) is 2.05. The minimum absolute atomic E-state index is 0.167. The lowest BCUT2D eigenvalue weighted by molar-refractivity contribution is 0.0267. The largest absolute Gasteiger partial charge is 0.394 e. The summed E-state index contributed by atoms with van der Waals surface area (Å²) in [4.78, 5) is 2.44. The molecular weight excluding hydrogens is 304 g/mol. The molecule has 4 heteroatoms. The number of benzene rings is 1. The van der Waals surface area contributed by atoms with E-state index in [0.717, 1.165) is 43.5 Å². The van der Waals surface area contributed by atoms with Crippen molar-refractivity contribution < 1.29 is 5.11 Å². The fourth-order valence-electron chi connectivity index (χ4n) is 2.97. The predicted octanol–water partition coefficient (Wildman–Crippen LogP) is 2.34. The molecule has 1 heterocycles. The number of aliphatic hydroxyl groups is 1. The van der Waals surface area contributed by atoms with Gasteiger partial charge in [-0.2, -0.15) is 0 Å². The predicted molar refractivity (Wildman–Crippen MR) is 82.3 cm³/mol. The third-order valence-corrected chi connectivity index (χ3v) is 4.65. The smallest absolute Gasteiger partial charge is 0.0692 e. The Morgan fingerprint density at radius 1 is 1.37 bits per heavy atom. The zero-order chi connectivity index (χ0) is 13.7. The number of hydrogen-bond donors (Lipinski definition) is 2. The maximum Gasteiger partial charge on any atom is 0.0692 e. The standard InChI is InChI=1S/C15H23BrN2O/c1-2-15(12-19,13-5-3-6-14(16)11-13)18-9-4-7-17-8-10-18/h3,5-6,11,17,19H,2,4,7-10,12H2,1H3. The normalized spacial score (nSPS) is 20.8. The highest BCUT2D eigenvalue weighted by Gasteiger charge is 2.36. The summed E-state index contributed by atoms with van der Waals surface area (Å²) in [6.45, 7) is 6.42. The van der Waals surface area contributed by atoms with Gasteiger partial charge in [0.15, 0.2) is 0 Å². The van der Waals surface area contributed by atoms with Gasteiger partial charge in [-0.15, -0.1) is 0 Å². The Labute approximate surface area is 124 Å². The van der Waals surface area contributed by atoms with E-state index >= 15 is 0 Å². The Bertz CT molecular complexity index is 399. The van der Waals surface area contributed by atoms with Crippen LogP contribution in [0.3, 0.4) is 0 Å². The van der Waals surface area contributed by atoms with Crippen LogP contribution in [0.15, 0.2) is 28.7 Å². The summed E-state index contributed by atoms with van der Waals surface area (Å²) < 4.78 is 1.07. The van der Waals surface area contributed by atoms with Crippen LogP contribution >= 0.6 is 15.9 Å². The number of halogens is 1. The maximum atomic E-state index is 10.1. The molecule has 19 heavy (non-hydrogen) atoms. The lowest BCUT2D eigenvalue weighted by atomic mass is 9.86. The van der Waals surface area contributed by atoms with Crippen molar-refractivity contribution in [2.75, 3.05) is 32.8 Å². The van der Waals surface area contributed by atoms with Crippen LogP contribution in [0, 0.1) is 0 Å². The SMILES string of the molecule is CCC(CO)(c1cccc(Br)c1)N1CCCNCC1. The van der Waals surface area contributed by atoms with E-state index in [1.165, 1.54) is 5.56 Å². The monoisotopic (exact) mass is 326 g/mol. The summed E-state index contributed by atoms with van der Waals surface area (Å²) in [6, 6.07) is 8.35. The first-order valence-corrected chi connectivity index (χ1v) is 7.85. The minimum Gasteiger partial charge on any atom is -0.394 e. The van der Waals surface area contributed by atoms with Gasteiger partial charge < -0.3 is 10.4 Å². The van der Waals surface area contributed by atoms with E-state index in [0.29, 0.717) is 0 Å². The molecule has 1 unspecified atom stereocenters. The summed E-state index contributed by atoms with van der Waals surface area (Å²) in [7, 11) is 0. The van der Waals surface area contributed by atoms with E-state index in [9.17, 15) is 5.11 Å². The lowest BCUT2D eigenvalue weighted by Gasteiger charge is -2.42. The van der Waals surface area contributed by atoms with E-state index in [4.69, 9.17) is 0 Å². The fourth-order valence-corrected chi connectivity index (χ4v) is 3.36. The van der Waals surface area contributed by atoms with Crippen molar-refractivity contribution >= 4 is 15.9 Å². The molecule has 0 aromatic heterocycles. The van der Waals surface area contributed by atoms with Crippen molar-refractivity contribution in [3.63, 3.8) is 0 Å². The molecular formula is C15H23BrN2O. The summed E-state index contributed by atoms with van der Waals surface area (Å²) in [5.74, 6) is 0. The first-order valence-electron chi connectivity index (χ1n) is 7.05. The van der Waals surface area contributed by atoms with Gasteiger partial charge in [0, 0.05) is 24.1 Å². The van der Waals surface area contributed by atoms with Gasteiger partial charge in [-0.1, -0.05) is 35.0 Å². The van der Waals surface area contributed by atoms with Gasteiger partial charge >= 0.3 is 0 Å². The van der Waals surface area contributed by atoms with Crippen LogP contribution in [0.25, 0.3) is 0 Å². The van der Waals surface area contributed by atoms with Gasteiger partial charge in [0.1, 0.15) is 0 Å². The molecule has 2 rings (SSSR count). The van der Waals surface area contributed by atoms with Crippen LogP contribution in [0.1, 0.15) is 25.3 Å². The fraction of sp³-hybridized carbons (Fsp3) is 0.600. The first-order chi connectivity index (χ1) is 9.23. The molecule has 1 aromatic carbocycles. The average Bonchev–Trinajstić information content (AvgIpc) is 2.71. The van der Waals surface area contributed by atoms with Crippen molar-refractivity contribution in [1.29, 1.82) is 0 Å². The lowest BCUT2D eigenvalue weighted by Crippen LogP contribution is -2.50. The summed E-state index contributed by atoms with van der Waals surface area (Å²) >= 11 is 3.54. The molecule has 0 spiro atoms. The van der Waals surface area contributed by atoms with Crippen LogP contribution in [0.4, 0.5) is 0 Å². The van der Waals surface area contributed by atoms with Crippen molar-refractivity contribution in [3.8, 4) is 0 Å². The number of nitrogens with one attached hydrogen (secondary N) is 1. The van der Waals surface area contributed by atoms with Gasteiger partial charge in [-0.25, -0.2) is 0 Å². The summed E-state index contributed by atoms with van der Waals surface area (Å²) in [5.41, 5.74) is 0.948. The molecule has 0 amide bonds. The van der Waals surface area contributed by atoms with Gasteiger partial charge in [-0.05, 0) is 37.1 Å². The number of hydrogen-bond acceptors (Lipinski definition) is 3. The molecule has 0 radical (unpaired) electrons. The molecule has 1 aliphatic heterocycles. The van der Waals surface area contributed by atoms with E-state index in [1.54, 1.807) is 0 Å². The van der Waals surface area contributed by atoms with E-state index in [2.05, 4.69) is 51.3 Å². The molecule has 106 valence electrons. The Kier molecular flexibility index (Phi) is 5.39. The number of aliphatic hydroxyl groups excluding tert-OH is 1. The molecule has 1 saturated heterocycles. The van der Waals surface area contributed by atoms with Gasteiger partial charge in [-0.3, -0.25) is 4.90 Å². The van der Waals surface area contributed by atoms with Crippen LogP contribution in [0.5, 0.6) is 0 Å². The van der Waals surface area contributed by atoms with E-state index in [-0.39, 0.29) is 12.1 Å². The zero-order valence-electron chi connectivity index (χ0n) is 11.5. The van der Waals surface area contributed by atoms with E-state index < -0.39 is 0 Å². The molecule has 3 nitrogen and oxygen atoms in total. The Balaban J connectivity index is 2.35. The van der Waals surface area contributed by atoms with E-state index in [1.807, 2.05) is 6.07 Å². The Morgan fingerprint density at radius 3 is 2.89 bits per heavy atom. The zero-order valence-corrected chi connectivity index (χ0v) is 13.1. The quantitative estimate of drug-likeness (QED) is 0.891. The third kappa shape index (κ3) is 3.19. The highest BCUT2D eigenvalue weighted by Crippen LogP contribution is 2.33. The second-order valence-electron chi connectivity index (χ2n) is 5.14. The molecule has 0 aliphatic carbocycles. The van der Waals surface area contributed by atoms with Crippen molar-refractivity contribution in [3.05, 3.63) is 34.3 Å². The van der Waals surface area contributed by atoms with Gasteiger partial charge in [0.2, 0.25) is 0 Å². The molecule has 0 bridgehead atoms. The maximum absolute atomic E-state index is 10.1. The van der Waals surface area contributed by atoms with Crippen LogP contribution in [-0.4, -0.2) is 42.8 Å². The van der Waals surface area contributed by atoms with Crippen LogP contribution in [-0.2, 0) is 5.54 Å². The third-order valence-electron chi connectivity index (χ3n) is 4.15. The second kappa shape index (κ2) is 6.84. The molecule has 2 N–H and O–H groups in total. The Morgan fingerprint density at radius 2 is 2.21 bits per heavy atom. The molecule has 1 aromatic rings. The van der Waals surface area contributed by atoms with Crippen LogP contribution < -0.4 is 5.32 Å². The van der Waals surface area contributed by atoms with Crippen molar-refractivity contribution in [1.82, 2.24) is 10.2 Å². The van der Waals surface area contributed by atoms with Crippen LogP contribution in [0.2, 0.25) is 0 Å². The summed E-state index contributed by atoms with van der Waals surface area (Å²) in [5, 5.41) is 13.5. The molecule has 1 atom stereocenters. The highest BCUT2D eigenvalue weighted by molar-refractivity contribution is 9.10. The van der Waals surface area contributed by atoms with Crippen molar-refractivity contribution in [2.45, 2.75) is 25.3 Å². The minimum atomic E-state index is -0.254. The van der Waals surface area contributed by atoms with Crippen molar-refractivity contribution in [2.24, 2.45) is 0 Å². The second-order valence-corrected chi connectivity index (χ2v) is 6.06. The molecule has 0 saturated carbocycles. The van der Waals surface area contributed by atoms with Gasteiger partial charge in [0.25, 0.3) is 0 Å². The van der Waals surface area contributed by atoms with Gasteiger partial charge in [0.05, 0.1) is 12.1 Å². The average molecular weight is 327 g/mol. The topological polar surface area (TPSA) is 35.5 Å². The molecule has 1 fully saturated rings. The number of nitrogens with zero attached hydrogens (tertiary/aromatic N) is 1. The number of rotatable bonds is 4. The first kappa shape index (κ1) is 15.0. The Hall–Kier alpha value is -0.420.